The highest BCUT2D eigenvalue weighted by molar-refractivity contribution is 8.14. The molecule has 0 radical (unpaired) electrons. The molecule has 256 valence electrons. The van der Waals surface area contributed by atoms with Gasteiger partial charge in [-0.2, -0.15) is 0 Å². The Morgan fingerprint density at radius 2 is 1.50 bits per heavy atom. The monoisotopic (exact) mass is 671 g/mol. The molecule has 0 bridgehead atoms. The first kappa shape index (κ1) is 34.5. The summed E-state index contributed by atoms with van der Waals surface area (Å²) in [6, 6.07) is 11.2. The van der Waals surface area contributed by atoms with Crippen LogP contribution in [0.3, 0.4) is 0 Å². The molecule has 0 aliphatic heterocycles. The molecule has 2 aromatic rings. The Labute approximate surface area is 288 Å². The molecule has 0 heterocycles. The third-order valence-corrected chi connectivity index (χ3v) is 14.4. The van der Waals surface area contributed by atoms with Crippen LogP contribution in [0.25, 0.3) is 0 Å². The summed E-state index contributed by atoms with van der Waals surface area (Å²) in [5, 5.41) is -0.417. The lowest BCUT2D eigenvalue weighted by molar-refractivity contribution is -0.166. The van der Waals surface area contributed by atoms with Gasteiger partial charge in [0.2, 0.25) is 11.0 Å². The van der Waals surface area contributed by atoms with Crippen LogP contribution in [0.15, 0.2) is 48.0 Å². The highest BCUT2D eigenvalue weighted by Crippen LogP contribution is 2.75. The first-order chi connectivity index (χ1) is 22.4. The van der Waals surface area contributed by atoms with E-state index in [9.17, 15) is 19.2 Å². The van der Waals surface area contributed by atoms with Gasteiger partial charge < -0.3 is 15.2 Å². The SMILES string of the molecule is CC(=O)Oc1cc2c(c(C)c1OC(C)=O)C(SC(=O)c1ccccc1)C=C1[C@@]2(C)CC[C@@]2(C)[C@@H]3C[C@](C)(C(N)=O)CC[C@]3(C)CC[C@]12C. The molecule has 3 fully saturated rings. The Morgan fingerprint density at radius 1 is 0.854 bits per heavy atom. The van der Waals surface area contributed by atoms with Gasteiger partial charge in [-0.05, 0) is 91.2 Å². The number of benzene rings is 2. The summed E-state index contributed by atoms with van der Waals surface area (Å²) in [6.07, 6.45) is 8.73. The van der Waals surface area contributed by atoms with E-state index in [2.05, 4.69) is 40.7 Å². The van der Waals surface area contributed by atoms with Gasteiger partial charge in [0.25, 0.3) is 0 Å². The van der Waals surface area contributed by atoms with Crippen molar-refractivity contribution in [1.82, 2.24) is 0 Å². The second-order valence-electron chi connectivity index (χ2n) is 16.2. The predicted octanol–water partition coefficient (Wildman–Crippen LogP) is 8.56. The molecular weight excluding hydrogens is 623 g/mol. The molecule has 48 heavy (non-hydrogen) atoms. The van der Waals surface area contributed by atoms with E-state index < -0.39 is 22.8 Å². The van der Waals surface area contributed by atoms with Crippen LogP contribution in [-0.2, 0) is 19.8 Å². The van der Waals surface area contributed by atoms with Crippen LogP contribution in [0.1, 0.15) is 126 Å². The lowest BCUT2D eigenvalue weighted by Crippen LogP contribution is -2.63. The number of nitrogens with two attached hydrogens (primary N) is 1. The van der Waals surface area contributed by atoms with Crippen molar-refractivity contribution >= 4 is 34.7 Å². The number of allylic oxidation sites excluding steroid dienone is 1. The zero-order valence-electron chi connectivity index (χ0n) is 29.6. The number of rotatable bonds is 5. The molecule has 2 N–H and O–H groups in total. The molecule has 1 amide bonds. The minimum absolute atomic E-state index is 0.0473. The van der Waals surface area contributed by atoms with Gasteiger partial charge in [0.05, 0.1) is 5.25 Å². The van der Waals surface area contributed by atoms with Crippen LogP contribution in [0, 0.1) is 34.5 Å². The van der Waals surface area contributed by atoms with E-state index in [0.29, 0.717) is 17.0 Å². The zero-order valence-corrected chi connectivity index (χ0v) is 30.4. The fourth-order valence-electron chi connectivity index (χ4n) is 10.2. The summed E-state index contributed by atoms with van der Waals surface area (Å²) in [4.78, 5) is 51.4. The van der Waals surface area contributed by atoms with Crippen molar-refractivity contribution in [2.24, 2.45) is 33.3 Å². The summed E-state index contributed by atoms with van der Waals surface area (Å²) < 4.78 is 11.4. The summed E-state index contributed by atoms with van der Waals surface area (Å²) in [5.41, 5.74) is 9.38. The average molecular weight is 672 g/mol. The molecule has 2 aromatic carbocycles. The summed E-state index contributed by atoms with van der Waals surface area (Å²) in [6.45, 7) is 16.2. The number of esters is 2. The summed E-state index contributed by atoms with van der Waals surface area (Å²) >= 11 is 1.27. The van der Waals surface area contributed by atoms with E-state index >= 15 is 0 Å². The lowest BCUT2D eigenvalue weighted by Gasteiger charge is -2.70. The molecular formula is C40H49NO6S. The van der Waals surface area contributed by atoms with Gasteiger partial charge in [-0.15, -0.1) is 0 Å². The average Bonchev–Trinajstić information content (AvgIpc) is 3.02. The number of primary amides is 1. The summed E-state index contributed by atoms with van der Waals surface area (Å²) in [7, 11) is 0. The number of thioether (sulfide) groups is 1. The molecule has 6 rings (SSSR count). The molecule has 1 unspecified atom stereocenters. The number of hydrogen-bond acceptors (Lipinski definition) is 7. The van der Waals surface area contributed by atoms with Crippen molar-refractivity contribution in [3.8, 4) is 11.5 Å². The maximum absolute atomic E-state index is 13.9. The topological polar surface area (TPSA) is 113 Å². The minimum Gasteiger partial charge on any atom is -0.423 e. The van der Waals surface area contributed by atoms with Crippen molar-refractivity contribution in [2.45, 2.75) is 111 Å². The van der Waals surface area contributed by atoms with Gasteiger partial charge >= 0.3 is 11.9 Å². The van der Waals surface area contributed by atoms with E-state index in [1.54, 1.807) is 0 Å². The van der Waals surface area contributed by atoms with Gasteiger partial charge in [0.1, 0.15) is 0 Å². The Hall–Kier alpha value is -3.39. The third kappa shape index (κ3) is 5.16. The lowest BCUT2D eigenvalue weighted by atomic mass is 9.34. The molecule has 7 nitrogen and oxygen atoms in total. The number of amides is 1. The molecule has 4 aliphatic carbocycles. The number of carbonyl (C=O) groups excluding carboxylic acids is 4. The van der Waals surface area contributed by atoms with E-state index in [4.69, 9.17) is 15.2 Å². The second-order valence-corrected chi connectivity index (χ2v) is 17.3. The van der Waals surface area contributed by atoms with Gasteiger partial charge in [-0.25, -0.2) is 0 Å². The number of fused-ring (bicyclic) bond motifs is 7. The highest BCUT2D eigenvalue weighted by Gasteiger charge is 2.67. The standard InChI is InChI=1S/C40H49NO6S/c1-23-32-27(20-28(46-24(2)42)33(23)47-25(3)43)38(6)17-19-40(8)31-22-37(5,35(41)45)15-14-36(31,4)16-18-39(40,7)30(38)21-29(32)48-34(44)26-12-10-9-11-13-26/h9-13,20-21,29,31H,14-19,22H2,1-8H3,(H2,41,45)/t29?,31-,36-,37-,38+,39-,40+/m1/s1. The quantitative estimate of drug-likeness (QED) is 0.193. The Bertz CT molecular complexity index is 1750. The first-order valence-corrected chi connectivity index (χ1v) is 18.1. The van der Waals surface area contributed by atoms with Crippen LogP contribution < -0.4 is 15.2 Å². The van der Waals surface area contributed by atoms with E-state index in [-0.39, 0.29) is 44.0 Å². The van der Waals surface area contributed by atoms with E-state index in [0.717, 1.165) is 56.1 Å². The van der Waals surface area contributed by atoms with Crippen LogP contribution in [0.5, 0.6) is 11.5 Å². The smallest absolute Gasteiger partial charge is 0.308 e. The number of ether oxygens (including phenoxy) is 2. The molecule has 0 spiro atoms. The maximum atomic E-state index is 13.9. The highest BCUT2D eigenvalue weighted by atomic mass is 32.2. The number of hydrogen-bond donors (Lipinski definition) is 1. The van der Waals surface area contributed by atoms with Crippen LogP contribution in [-0.4, -0.2) is 23.0 Å². The molecule has 0 saturated heterocycles. The van der Waals surface area contributed by atoms with Gasteiger partial charge in [-0.1, -0.05) is 88.4 Å². The predicted molar refractivity (Wildman–Crippen MR) is 188 cm³/mol. The van der Waals surface area contributed by atoms with Gasteiger partial charge in [-0.3, -0.25) is 19.2 Å². The maximum Gasteiger partial charge on any atom is 0.308 e. The first-order valence-electron chi connectivity index (χ1n) is 17.2. The van der Waals surface area contributed by atoms with Crippen molar-refractivity contribution < 1.29 is 28.7 Å². The van der Waals surface area contributed by atoms with Crippen LogP contribution in [0.2, 0.25) is 0 Å². The molecule has 4 aliphatic rings. The molecule has 0 aromatic heterocycles. The molecule has 7 atom stereocenters. The molecule has 8 heteroatoms. The fraction of sp³-hybridized carbons (Fsp3) is 0.550. The fourth-order valence-corrected chi connectivity index (χ4v) is 11.4. The zero-order chi connectivity index (χ0) is 35.0. The van der Waals surface area contributed by atoms with Crippen molar-refractivity contribution in [2.75, 3.05) is 0 Å². The number of carbonyl (C=O) groups is 4. The third-order valence-electron chi connectivity index (χ3n) is 13.4. The molecule has 3 saturated carbocycles. The van der Waals surface area contributed by atoms with E-state index in [1.165, 1.54) is 31.2 Å². The minimum atomic E-state index is -0.538. The van der Waals surface area contributed by atoms with Crippen LogP contribution in [0.4, 0.5) is 0 Å². The van der Waals surface area contributed by atoms with Crippen molar-refractivity contribution in [3.63, 3.8) is 0 Å². The van der Waals surface area contributed by atoms with Crippen LogP contribution >= 0.6 is 11.8 Å². The Balaban J connectivity index is 1.56. The van der Waals surface area contributed by atoms with Crippen molar-refractivity contribution in [3.05, 3.63) is 70.3 Å². The van der Waals surface area contributed by atoms with Gasteiger partial charge in [0.15, 0.2) is 11.5 Å². The largest absolute Gasteiger partial charge is 0.423 e. The Kier molecular flexibility index (Phi) is 8.33. The second kappa shape index (κ2) is 11.6. The Morgan fingerprint density at radius 3 is 2.12 bits per heavy atom. The van der Waals surface area contributed by atoms with E-state index in [1.807, 2.05) is 43.3 Å². The van der Waals surface area contributed by atoms with Crippen molar-refractivity contribution in [1.29, 1.82) is 0 Å². The normalized spacial score (nSPS) is 35.1. The summed E-state index contributed by atoms with van der Waals surface area (Å²) in [5.74, 6) is -0.509. The van der Waals surface area contributed by atoms with Gasteiger partial charge in [0, 0.05) is 35.8 Å².